The lowest BCUT2D eigenvalue weighted by Crippen LogP contribution is -2.44. The van der Waals surface area contributed by atoms with Crippen LogP contribution in [-0.4, -0.2) is 48.3 Å². The van der Waals surface area contributed by atoms with Crippen LogP contribution in [0, 0.1) is 0 Å². The monoisotopic (exact) mass is 295 g/mol. The molecule has 0 bridgehead atoms. The Morgan fingerprint density at radius 1 is 1.14 bits per heavy atom. The molecule has 0 spiro atoms. The maximum absolute atomic E-state index is 11.6. The lowest BCUT2D eigenvalue weighted by atomic mass is 10.2. The van der Waals surface area contributed by atoms with Gasteiger partial charge in [-0.15, -0.1) is 0 Å². The average Bonchev–Trinajstić information content (AvgIpc) is 2.37. The van der Waals surface area contributed by atoms with E-state index in [1.165, 1.54) is 0 Å². The van der Waals surface area contributed by atoms with Gasteiger partial charge in [0, 0.05) is 25.5 Å². The average molecular weight is 295 g/mol. The van der Waals surface area contributed by atoms with Gasteiger partial charge < -0.3 is 25.7 Å². The largest absolute Gasteiger partial charge is 0.481 e. The van der Waals surface area contributed by atoms with Crippen LogP contribution in [0.4, 0.5) is 16.2 Å². The number of rotatable bonds is 6. The van der Waals surface area contributed by atoms with Gasteiger partial charge in [0.2, 0.25) is 0 Å². The van der Waals surface area contributed by atoms with Crippen molar-refractivity contribution in [2.45, 2.75) is 12.5 Å². The highest BCUT2D eigenvalue weighted by atomic mass is 16.4. The number of carboxylic acid groups (broad SMARTS) is 2. The minimum atomic E-state index is -1.48. The zero-order valence-corrected chi connectivity index (χ0v) is 11.7. The molecule has 114 valence electrons. The summed E-state index contributed by atoms with van der Waals surface area (Å²) >= 11 is 0. The molecular formula is C13H17N3O5. The second-order valence-electron chi connectivity index (χ2n) is 4.53. The van der Waals surface area contributed by atoms with Crippen molar-refractivity contribution in [2.75, 3.05) is 24.3 Å². The van der Waals surface area contributed by atoms with Gasteiger partial charge in [0.25, 0.3) is 0 Å². The first-order valence-corrected chi connectivity index (χ1v) is 6.09. The number of amides is 2. The third-order valence-corrected chi connectivity index (χ3v) is 2.62. The van der Waals surface area contributed by atoms with Crippen molar-refractivity contribution in [1.82, 2.24) is 5.32 Å². The first kappa shape index (κ1) is 16.3. The Kier molecular flexibility index (Phi) is 5.53. The molecule has 8 heteroatoms. The van der Waals surface area contributed by atoms with E-state index in [0.717, 1.165) is 5.69 Å². The second kappa shape index (κ2) is 7.13. The van der Waals surface area contributed by atoms with Gasteiger partial charge in [0.1, 0.15) is 6.04 Å². The molecule has 4 N–H and O–H groups in total. The van der Waals surface area contributed by atoms with Crippen LogP contribution in [0.3, 0.4) is 0 Å². The Hall–Kier alpha value is -2.77. The standard InChI is InChI=1S/C13H17N3O5/c1-16(2)9-5-3-8(4-6-9)14-13(21)15-10(12(19)20)7-11(17)18/h3-6,10H,7H2,1-2H3,(H,17,18)(H,19,20)(H2,14,15,21)/t10-/m0/s1. The fourth-order valence-corrected chi connectivity index (χ4v) is 1.54. The number of benzene rings is 1. The number of carbonyl (C=O) groups is 3. The van der Waals surface area contributed by atoms with Crippen LogP contribution in [-0.2, 0) is 9.59 Å². The molecule has 1 aromatic carbocycles. The summed E-state index contributed by atoms with van der Waals surface area (Å²) in [5.41, 5.74) is 1.41. The van der Waals surface area contributed by atoms with Gasteiger partial charge in [0.05, 0.1) is 6.42 Å². The maximum Gasteiger partial charge on any atom is 0.326 e. The molecular weight excluding hydrogens is 278 g/mol. The molecule has 0 fully saturated rings. The summed E-state index contributed by atoms with van der Waals surface area (Å²) in [6, 6.07) is 4.61. The molecule has 0 radical (unpaired) electrons. The van der Waals surface area contributed by atoms with Crippen LogP contribution in [0.25, 0.3) is 0 Å². The highest BCUT2D eigenvalue weighted by Gasteiger charge is 2.22. The Balaban J connectivity index is 2.63. The molecule has 0 aromatic heterocycles. The first-order chi connectivity index (χ1) is 9.79. The van der Waals surface area contributed by atoms with E-state index in [1.807, 2.05) is 19.0 Å². The number of nitrogens with zero attached hydrogens (tertiary/aromatic N) is 1. The van der Waals surface area contributed by atoms with Gasteiger partial charge in [-0.05, 0) is 24.3 Å². The second-order valence-corrected chi connectivity index (χ2v) is 4.53. The van der Waals surface area contributed by atoms with Crippen LogP contribution in [0.1, 0.15) is 6.42 Å². The molecule has 0 unspecified atom stereocenters. The summed E-state index contributed by atoms with van der Waals surface area (Å²) in [5.74, 6) is -2.71. The van der Waals surface area contributed by atoms with Crippen molar-refractivity contribution in [1.29, 1.82) is 0 Å². The van der Waals surface area contributed by atoms with Crippen LogP contribution in [0.2, 0.25) is 0 Å². The molecule has 0 aliphatic rings. The number of aliphatic carboxylic acids is 2. The Morgan fingerprint density at radius 2 is 1.71 bits per heavy atom. The van der Waals surface area contributed by atoms with Gasteiger partial charge >= 0.3 is 18.0 Å². The minimum Gasteiger partial charge on any atom is -0.481 e. The lowest BCUT2D eigenvalue weighted by Gasteiger charge is -2.15. The summed E-state index contributed by atoms with van der Waals surface area (Å²) in [7, 11) is 3.75. The van der Waals surface area contributed by atoms with Crippen molar-refractivity contribution in [3.63, 3.8) is 0 Å². The van der Waals surface area contributed by atoms with E-state index in [-0.39, 0.29) is 0 Å². The number of carboxylic acids is 2. The van der Waals surface area contributed by atoms with Crippen molar-refractivity contribution in [2.24, 2.45) is 0 Å². The van der Waals surface area contributed by atoms with Gasteiger partial charge in [0.15, 0.2) is 0 Å². The number of hydrogen-bond donors (Lipinski definition) is 4. The zero-order valence-electron chi connectivity index (χ0n) is 11.7. The van der Waals surface area contributed by atoms with Crippen molar-refractivity contribution in [3.8, 4) is 0 Å². The number of anilines is 2. The summed E-state index contributed by atoms with van der Waals surface area (Å²) < 4.78 is 0. The van der Waals surface area contributed by atoms with E-state index >= 15 is 0 Å². The fourth-order valence-electron chi connectivity index (χ4n) is 1.54. The Labute approximate surface area is 121 Å². The van der Waals surface area contributed by atoms with Gasteiger partial charge in [-0.3, -0.25) is 4.79 Å². The molecule has 0 heterocycles. The van der Waals surface area contributed by atoms with Gasteiger partial charge in [-0.25, -0.2) is 9.59 Å². The van der Waals surface area contributed by atoms with Crippen LogP contribution in [0.15, 0.2) is 24.3 Å². The molecule has 0 saturated heterocycles. The third kappa shape index (κ3) is 5.39. The fraction of sp³-hybridized carbons (Fsp3) is 0.308. The number of carbonyl (C=O) groups excluding carboxylic acids is 1. The number of urea groups is 1. The summed E-state index contributed by atoms with van der Waals surface area (Å²) in [4.78, 5) is 34.9. The molecule has 0 aliphatic carbocycles. The topological polar surface area (TPSA) is 119 Å². The highest BCUT2D eigenvalue weighted by molar-refractivity contribution is 5.93. The van der Waals surface area contributed by atoms with Crippen molar-refractivity contribution in [3.05, 3.63) is 24.3 Å². The molecule has 21 heavy (non-hydrogen) atoms. The molecule has 1 aromatic rings. The number of nitrogens with one attached hydrogen (secondary N) is 2. The van der Waals surface area contributed by atoms with Crippen LogP contribution in [0.5, 0.6) is 0 Å². The van der Waals surface area contributed by atoms with Crippen LogP contribution >= 0.6 is 0 Å². The Morgan fingerprint density at radius 3 is 2.14 bits per heavy atom. The smallest absolute Gasteiger partial charge is 0.326 e. The zero-order chi connectivity index (χ0) is 16.0. The predicted molar refractivity (Wildman–Crippen MR) is 76.6 cm³/mol. The molecule has 2 amide bonds. The minimum absolute atomic E-state index is 0.470. The molecule has 1 rings (SSSR count). The van der Waals surface area contributed by atoms with Crippen molar-refractivity contribution >= 4 is 29.3 Å². The SMILES string of the molecule is CN(C)c1ccc(NC(=O)N[C@@H](CC(=O)O)C(=O)O)cc1. The molecule has 1 atom stereocenters. The molecule has 8 nitrogen and oxygen atoms in total. The van der Waals surface area contributed by atoms with Gasteiger partial charge in [-0.2, -0.15) is 0 Å². The van der Waals surface area contributed by atoms with E-state index < -0.39 is 30.4 Å². The maximum atomic E-state index is 11.6. The quantitative estimate of drug-likeness (QED) is 0.616. The van der Waals surface area contributed by atoms with Crippen molar-refractivity contribution < 1.29 is 24.6 Å². The highest BCUT2D eigenvalue weighted by Crippen LogP contribution is 2.15. The normalized spacial score (nSPS) is 11.3. The summed E-state index contributed by atoms with van der Waals surface area (Å²) in [6.07, 6.45) is -0.692. The lowest BCUT2D eigenvalue weighted by molar-refractivity contribution is -0.145. The van der Waals surface area contributed by atoms with Gasteiger partial charge in [-0.1, -0.05) is 0 Å². The summed E-state index contributed by atoms with van der Waals surface area (Å²) in [6.45, 7) is 0. The van der Waals surface area contributed by atoms with E-state index in [2.05, 4.69) is 10.6 Å². The van der Waals surface area contributed by atoms with E-state index in [4.69, 9.17) is 10.2 Å². The number of hydrogen-bond acceptors (Lipinski definition) is 4. The first-order valence-electron chi connectivity index (χ1n) is 6.09. The third-order valence-electron chi connectivity index (χ3n) is 2.62. The van der Waals surface area contributed by atoms with Crippen LogP contribution < -0.4 is 15.5 Å². The molecule has 0 aliphatic heterocycles. The van der Waals surface area contributed by atoms with E-state index in [9.17, 15) is 14.4 Å². The van der Waals surface area contributed by atoms with E-state index in [0.29, 0.717) is 5.69 Å². The predicted octanol–water partition coefficient (Wildman–Crippen LogP) is 0.802. The van der Waals surface area contributed by atoms with E-state index in [1.54, 1.807) is 24.3 Å². The Bertz CT molecular complexity index is 527. The molecule has 0 saturated carbocycles. The summed E-state index contributed by atoms with van der Waals surface area (Å²) in [5, 5.41) is 21.9.